The Balaban J connectivity index is 1.23. The Bertz CT molecular complexity index is 1190. The molecule has 3 aliphatic rings. The van der Waals surface area contributed by atoms with Crippen LogP contribution in [0.5, 0.6) is 11.5 Å². The van der Waals surface area contributed by atoms with Gasteiger partial charge in [0.25, 0.3) is 0 Å². The largest absolute Gasteiger partial charge is 0.454 e. The van der Waals surface area contributed by atoms with Crippen LogP contribution in [0.25, 0.3) is 0 Å². The summed E-state index contributed by atoms with van der Waals surface area (Å²) in [5.74, 6) is 1.81. The minimum absolute atomic E-state index is 0.0823. The average Bonchev–Trinajstić information content (AvgIpc) is 3.60. The van der Waals surface area contributed by atoms with Gasteiger partial charge in [-0.3, -0.25) is 4.68 Å². The van der Waals surface area contributed by atoms with Crippen molar-refractivity contribution in [1.29, 1.82) is 0 Å². The maximum atomic E-state index is 14.3. The van der Waals surface area contributed by atoms with Gasteiger partial charge in [0.2, 0.25) is 0 Å². The zero-order chi connectivity index (χ0) is 23.1. The van der Waals surface area contributed by atoms with Crippen molar-refractivity contribution in [2.75, 3.05) is 31.7 Å². The van der Waals surface area contributed by atoms with Gasteiger partial charge in [-0.05, 0) is 49.9 Å². The molecule has 2 aliphatic heterocycles. The first kappa shape index (κ1) is 21.5. The quantitative estimate of drug-likeness (QED) is 0.533. The molecule has 178 valence electrons. The third-order valence-electron chi connectivity index (χ3n) is 6.64. The highest BCUT2D eigenvalue weighted by atomic mass is 19.1. The van der Waals surface area contributed by atoms with Crippen molar-refractivity contribution < 1.29 is 23.7 Å². The fraction of sp³-hybridized carbons (Fsp3) is 0.440. The molecular weight excluding hydrogens is 439 g/mol. The van der Waals surface area contributed by atoms with Gasteiger partial charge in [0.1, 0.15) is 28.7 Å². The first-order valence-electron chi connectivity index (χ1n) is 11.8. The second-order valence-corrected chi connectivity index (χ2v) is 9.30. The van der Waals surface area contributed by atoms with E-state index in [4.69, 9.17) is 19.3 Å². The predicted octanol–water partition coefficient (Wildman–Crippen LogP) is 4.40. The molecule has 34 heavy (non-hydrogen) atoms. The van der Waals surface area contributed by atoms with E-state index in [1.807, 2.05) is 10.9 Å². The normalized spacial score (nSPS) is 20.1. The predicted molar refractivity (Wildman–Crippen MR) is 122 cm³/mol. The summed E-state index contributed by atoms with van der Waals surface area (Å²) in [7, 11) is 0. The van der Waals surface area contributed by atoms with Crippen molar-refractivity contribution in [3.63, 3.8) is 0 Å². The van der Waals surface area contributed by atoms with Crippen molar-refractivity contribution in [2.24, 2.45) is 0 Å². The number of rotatable bonds is 7. The van der Waals surface area contributed by atoms with E-state index in [0.29, 0.717) is 29.2 Å². The summed E-state index contributed by atoms with van der Waals surface area (Å²) in [6, 6.07) is 8.61. The van der Waals surface area contributed by atoms with Gasteiger partial charge in [-0.25, -0.2) is 9.37 Å². The second-order valence-electron chi connectivity index (χ2n) is 9.30. The van der Waals surface area contributed by atoms with Gasteiger partial charge in [-0.2, -0.15) is 5.10 Å². The van der Waals surface area contributed by atoms with Gasteiger partial charge >= 0.3 is 0 Å². The summed E-state index contributed by atoms with van der Waals surface area (Å²) < 4.78 is 33.2. The molecular formula is C25H27FN4O4. The van der Waals surface area contributed by atoms with Crippen LogP contribution in [-0.2, 0) is 15.1 Å². The number of pyridine rings is 1. The number of ether oxygens (including phenoxy) is 3. The molecule has 2 saturated heterocycles. The third-order valence-corrected chi connectivity index (χ3v) is 6.64. The Hall–Kier alpha value is -3.01. The molecule has 1 aromatic carbocycles. The molecule has 0 spiro atoms. The molecule has 4 heterocycles. The summed E-state index contributed by atoms with van der Waals surface area (Å²) in [5, 5.41) is 18.6. The lowest BCUT2D eigenvalue weighted by Gasteiger charge is -2.37. The molecule has 0 bridgehead atoms. The zero-order valence-electron chi connectivity index (χ0n) is 18.7. The molecule has 2 N–H and O–H groups in total. The minimum atomic E-state index is -1.29. The Kier molecular flexibility index (Phi) is 5.47. The number of hydrogen-bond donors (Lipinski definition) is 2. The van der Waals surface area contributed by atoms with Crippen molar-refractivity contribution in [1.82, 2.24) is 14.8 Å². The molecule has 3 fully saturated rings. The van der Waals surface area contributed by atoms with Crippen LogP contribution in [0.3, 0.4) is 0 Å². The minimum Gasteiger partial charge on any atom is -0.454 e. The Labute approximate surface area is 196 Å². The third kappa shape index (κ3) is 4.26. The SMILES string of the molecule is OC1(c2cc(Nc3cc(Oc4cn(C5CC5)nc4C4CCOCC4)ccn3)ccc2F)COC1. The molecule has 9 heteroatoms. The van der Waals surface area contributed by atoms with Crippen LogP contribution in [0, 0.1) is 5.82 Å². The first-order valence-corrected chi connectivity index (χ1v) is 11.8. The number of aliphatic hydroxyl groups is 1. The van der Waals surface area contributed by atoms with Gasteiger partial charge in [-0.1, -0.05) is 0 Å². The van der Waals surface area contributed by atoms with E-state index in [1.54, 1.807) is 30.5 Å². The summed E-state index contributed by atoms with van der Waals surface area (Å²) in [6.45, 7) is 1.65. The van der Waals surface area contributed by atoms with Crippen LogP contribution in [0.2, 0.25) is 0 Å². The maximum absolute atomic E-state index is 14.3. The fourth-order valence-electron chi connectivity index (χ4n) is 4.48. The van der Waals surface area contributed by atoms with Crippen molar-refractivity contribution in [3.8, 4) is 11.5 Å². The summed E-state index contributed by atoms with van der Waals surface area (Å²) in [6.07, 6.45) is 7.84. The molecule has 2 aromatic heterocycles. The van der Waals surface area contributed by atoms with E-state index in [-0.39, 0.29) is 18.8 Å². The summed E-state index contributed by atoms with van der Waals surface area (Å²) in [5.41, 5.74) is 0.527. The average molecular weight is 467 g/mol. The van der Waals surface area contributed by atoms with Crippen molar-refractivity contribution >= 4 is 11.5 Å². The lowest BCUT2D eigenvalue weighted by atomic mass is 9.91. The summed E-state index contributed by atoms with van der Waals surface area (Å²) in [4.78, 5) is 4.37. The standard InChI is InChI=1S/C25H27FN4O4/c26-21-4-1-17(11-20(21)25(31)14-33-15-25)28-23-12-19(5-8-27-23)34-22-13-30(18-2-3-18)29-24(22)16-6-9-32-10-7-16/h1,4-5,8,11-13,16,18,31H,2-3,6-7,9-10,14-15H2,(H,27,28). The molecule has 1 saturated carbocycles. The van der Waals surface area contributed by atoms with Crippen LogP contribution >= 0.6 is 0 Å². The Morgan fingerprint density at radius 3 is 2.65 bits per heavy atom. The highest BCUT2D eigenvalue weighted by molar-refractivity contribution is 5.59. The van der Waals surface area contributed by atoms with Crippen LogP contribution in [0.15, 0.2) is 42.7 Å². The molecule has 0 amide bonds. The van der Waals surface area contributed by atoms with Crippen molar-refractivity contribution in [3.05, 3.63) is 59.8 Å². The van der Waals surface area contributed by atoms with E-state index >= 15 is 0 Å². The van der Waals surface area contributed by atoms with Crippen LogP contribution in [-0.4, -0.2) is 46.3 Å². The molecule has 6 rings (SSSR count). The Morgan fingerprint density at radius 1 is 1.09 bits per heavy atom. The van der Waals surface area contributed by atoms with Crippen LogP contribution in [0.1, 0.15) is 48.9 Å². The monoisotopic (exact) mass is 466 g/mol. The van der Waals surface area contributed by atoms with Gasteiger partial charge in [0.05, 0.1) is 25.5 Å². The number of aromatic nitrogens is 3. The van der Waals surface area contributed by atoms with E-state index in [1.165, 1.54) is 6.07 Å². The zero-order valence-corrected chi connectivity index (χ0v) is 18.7. The lowest BCUT2D eigenvalue weighted by Crippen LogP contribution is -2.47. The number of halogens is 1. The number of nitrogens with one attached hydrogen (secondary N) is 1. The topological polar surface area (TPSA) is 90.7 Å². The number of hydrogen-bond acceptors (Lipinski definition) is 7. The molecule has 0 unspecified atom stereocenters. The van der Waals surface area contributed by atoms with E-state index in [9.17, 15) is 9.50 Å². The molecule has 1 aliphatic carbocycles. The first-order chi connectivity index (χ1) is 16.6. The molecule has 0 atom stereocenters. The number of anilines is 2. The molecule has 3 aromatic rings. The Morgan fingerprint density at radius 2 is 1.91 bits per heavy atom. The van der Waals surface area contributed by atoms with Gasteiger partial charge < -0.3 is 24.6 Å². The van der Waals surface area contributed by atoms with Crippen molar-refractivity contribution in [2.45, 2.75) is 43.2 Å². The lowest BCUT2D eigenvalue weighted by molar-refractivity contribution is -0.186. The van der Waals surface area contributed by atoms with Crippen LogP contribution in [0.4, 0.5) is 15.9 Å². The van der Waals surface area contributed by atoms with E-state index in [0.717, 1.165) is 50.3 Å². The number of benzene rings is 1. The molecule has 0 radical (unpaired) electrons. The van der Waals surface area contributed by atoms with Gasteiger partial charge in [-0.15, -0.1) is 0 Å². The van der Waals surface area contributed by atoms with Crippen LogP contribution < -0.4 is 10.1 Å². The van der Waals surface area contributed by atoms with E-state index < -0.39 is 11.4 Å². The van der Waals surface area contributed by atoms with Gasteiger partial charge in [0, 0.05) is 42.6 Å². The van der Waals surface area contributed by atoms with Gasteiger partial charge in [0.15, 0.2) is 5.75 Å². The highest BCUT2D eigenvalue weighted by Gasteiger charge is 2.40. The summed E-state index contributed by atoms with van der Waals surface area (Å²) >= 11 is 0. The smallest absolute Gasteiger partial charge is 0.168 e. The maximum Gasteiger partial charge on any atom is 0.168 e. The number of nitrogens with zero attached hydrogens (tertiary/aromatic N) is 3. The fourth-order valence-corrected chi connectivity index (χ4v) is 4.48. The highest BCUT2D eigenvalue weighted by Crippen LogP contribution is 2.41. The van der Waals surface area contributed by atoms with E-state index in [2.05, 4.69) is 10.3 Å². The second kappa shape index (κ2) is 8.65. The molecule has 8 nitrogen and oxygen atoms in total.